The molecule has 0 aromatic heterocycles. The number of aliphatic hydroxyl groups is 3. The number of aliphatic hydroxyl groups excluding tert-OH is 2. The molecule has 15 atom stereocenters. The summed E-state index contributed by atoms with van der Waals surface area (Å²) in [6.45, 7) is 13.4. The number of carbonyl (C=O) groups excluding carboxylic acids is 4. The molecule has 1 saturated carbocycles. The van der Waals surface area contributed by atoms with Gasteiger partial charge in [-0.3, -0.25) is 14.4 Å². The van der Waals surface area contributed by atoms with Crippen molar-refractivity contribution in [2.24, 2.45) is 35.5 Å². The minimum atomic E-state index is -1.75. The quantitative estimate of drug-likeness (QED) is 0.184. The van der Waals surface area contributed by atoms with E-state index in [1.807, 2.05) is 65.0 Å². The number of amides is 1. The first-order valence-electron chi connectivity index (χ1n) is 23.9. The van der Waals surface area contributed by atoms with Gasteiger partial charge in [0, 0.05) is 58.5 Å². The third-order valence-corrected chi connectivity index (χ3v) is 14.5. The molecule has 13 heteroatoms. The zero-order chi connectivity index (χ0) is 47.3. The Kier molecular flexibility index (Phi) is 21.1. The highest BCUT2D eigenvalue weighted by Gasteiger charge is 2.46. The molecule has 3 N–H and O–H groups in total. The molecule has 3 aliphatic heterocycles. The van der Waals surface area contributed by atoms with Crippen LogP contribution in [0.1, 0.15) is 132 Å². The summed E-state index contributed by atoms with van der Waals surface area (Å²) >= 11 is 0. The average molecular weight is 900 g/mol. The van der Waals surface area contributed by atoms with Gasteiger partial charge in [0.05, 0.1) is 30.8 Å². The maximum absolute atomic E-state index is 14.4. The first kappa shape index (κ1) is 53.6. The first-order chi connectivity index (χ1) is 30.3. The lowest BCUT2D eigenvalue weighted by atomic mass is 9.78. The van der Waals surface area contributed by atoms with Crippen molar-refractivity contribution < 1.29 is 58.2 Å². The fourth-order valence-electron chi connectivity index (χ4n) is 10.2. The Labute approximate surface area is 383 Å². The van der Waals surface area contributed by atoms with Crippen LogP contribution in [0.3, 0.4) is 0 Å². The van der Waals surface area contributed by atoms with Crippen LogP contribution in [0.15, 0.2) is 47.6 Å². The number of ether oxygens (including phenoxy) is 5. The molecule has 362 valence electrons. The van der Waals surface area contributed by atoms with E-state index < -0.39 is 60.0 Å². The number of Topliss-reactive ketones (excluding diaryl/α,β-unsaturated/α-hetero) is 2. The Morgan fingerprint density at radius 3 is 2.28 bits per heavy atom. The topological polar surface area (TPSA) is 178 Å². The lowest BCUT2D eigenvalue weighted by Gasteiger charge is -2.44. The highest BCUT2D eigenvalue weighted by molar-refractivity contribution is 5.87. The van der Waals surface area contributed by atoms with Crippen LogP contribution in [0.2, 0.25) is 0 Å². The van der Waals surface area contributed by atoms with Gasteiger partial charge in [-0.05, 0) is 107 Å². The zero-order valence-electron chi connectivity index (χ0n) is 40.4. The van der Waals surface area contributed by atoms with E-state index in [0.717, 1.165) is 12.0 Å². The van der Waals surface area contributed by atoms with Gasteiger partial charge in [-0.2, -0.15) is 0 Å². The van der Waals surface area contributed by atoms with E-state index in [9.17, 15) is 34.5 Å². The van der Waals surface area contributed by atoms with Crippen LogP contribution in [0, 0.1) is 35.5 Å². The Morgan fingerprint density at radius 2 is 1.59 bits per heavy atom. The van der Waals surface area contributed by atoms with Crippen molar-refractivity contribution in [2.75, 3.05) is 27.9 Å². The molecule has 0 aromatic rings. The van der Waals surface area contributed by atoms with Gasteiger partial charge < -0.3 is 43.9 Å². The lowest BCUT2D eigenvalue weighted by molar-refractivity contribution is -0.284. The predicted octanol–water partition coefficient (Wildman–Crippen LogP) is 7.00. The van der Waals surface area contributed by atoms with E-state index in [2.05, 4.69) is 0 Å². The number of allylic oxidation sites excluding steroid dienone is 6. The van der Waals surface area contributed by atoms with Crippen LogP contribution in [-0.4, -0.2) is 126 Å². The zero-order valence-corrected chi connectivity index (χ0v) is 40.4. The number of hydrogen-bond donors (Lipinski definition) is 3. The second kappa shape index (κ2) is 25.2. The van der Waals surface area contributed by atoms with Crippen molar-refractivity contribution in [3.63, 3.8) is 0 Å². The van der Waals surface area contributed by atoms with Crippen LogP contribution < -0.4 is 0 Å². The number of hydrogen-bond acceptors (Lipinski definition) is 12. The molecule has 3 heterocycles. The summed E-state index contributed by atoms with van der Waals surface area (Å²) in [5.41, 5.74) is 1.39. The first-order valence-corrected chi connectivity index (χ1v) is 23.9. The van der Waals surface area contributed by atoms with Crippen LogP contribution in [0.4, 0.5) is 0 Å². The fourth-order valence-corrected chi connectivity index (χ4v) is 10.2. The van der Waals surface area contributed by atoms with E-state index in [1.165, 1.54) is 12.0 Å². The predicted molar refractivity (Wildman–Crippen MR) is 245 cm³/mol. The number of nitrogens with zero attached hydrogens (tertiary/aromatic N) is 1. The number of piperidine rings is 1. The summed E-state index contributed by atoms with van der Waals surface area (Å²) in [7, 11) is 4.63. The molecule has 0 spiro atoms. The minimum absolute atomic E-state index is 0.0492. The molecule has 4 aliphatic rings. The number of ketones is 2. The van der Waals surface area contributed by atoms with Gasteiger partial charge in [-0.25, -0.2) is 4.79 Å². The normalized spacial score (nSPS) is 40.8. The number of fused-ring (bicyclic) bond motifs is 3. The lowest BCUT2D eigenvalue weighted by Crippen LogP contribution is -2.55. The third kappa shape index (κ3) is 14.7. The summed E-state index contributed by atoms with van der Waals surface area (Å²) < 4.78 is 29.8. The molecule has 0 aromatic carbocycles. The number of methoxy groups -OCH3 is 3. The highest BCUT2D eigenvalue weighted by atomic mass is 16.6. The molecule has 1 unspecified atom stereocenters. The number of cyclic esters (lactones) is 1. The Balaban J connectivity index is 1.67. The monoisotopic (exact) mass is 900 g/mol. The second-order valence-corrected chi connectivity index (χ2v) is 19.7. The average Bonchev–Trinajstić information content (AvgIpc) is 3.26. The van der Waals surface area contributed by atoms with Gasteiger partial charge in [0.1, 0.15) is 30.1 Å². The fraction of sp³-hybridized carbons (Fsp3) is 0.765. The summed E-state index contributed by atoms with van der Waals surface area (Å²) in [5, 5.41) is 33.9. The van der Waals surface area contributed by atoms with E-state index in [4.69, 9.17) is 23.7 Å². The molecule has 3 fully saturated rings. The largest absolute Gasteiger partial charge is 0.460 e. The van der Waals surface area contributed by atoms with Gasteiger partial charge >= 0.3 is 5.97 Å². The third-order valence-electron chi connectivity index (χ3n) is 14.5. The standard InChI is InChI=1S/C51H81NO12/c1-31-16-12-11-13-17-32(2)43(60-8)28-39-21-19-37(7)51(59,64-39)30-46(55)52-23-15-14-18-40(52)50(58)63-44(34(4)26-38-20-22-41(53)45(27-38)61-9)29-42(54)33(3)25-36(6)48(57)49(62-10)47(56)35(5)24-31/h11-13,16-17,25,31,33-35,37-41,43-45,48-49,53,57,59H,14-15,18-24,26-30H2,1-10H3/b13-11+,16-12+,32-17+,36-25+/t31-,33-,34-,35-,37-,38?,39+,40+,41-,43+,44+,45-,48-,49+,51+/m1/s1. The van der Waals surface area contributed by atoms with Crippen LogP contribution in [0.25, 0.3) is 0 Å². The molecular formula is C51H81NO12. The van der Waals surface area contributed by atoms with E-state index in [0.29, 0.717) is 76.3 Å². The molecular weight excluding hydrogens is 819 g/mol. The summed E-state index contributed by atoms with van der Waals surface area (Å²) in [5.74, 6) is -4.68. The van der Waals surface area contributed by atoms with Crippen molar-refractivity contribution >= 4 is 23.4 Å². The molecule has 2 bridgehead atoms. The van der Waals surface area contributed by atoms with Crippen LogP contribution in [-0.2, 0) is 42.9 Å². The SMILES string of the molecule is CO[C@H]1C[C@@H]2CC[C@@H](C)[C@](O)(CC(=O)N3CCCC[C@H]3C(=O)O[C@H]([C@H](C)CC3CC[C@@H](O)[C@H](OC)C3)CC(=O)[C@H](C)/C=C(\C)[C@@H](O)[C@@H](OC)C(=O)[C@H](C)C[C@H](C)/C=C/C=C/C=C/1C)O2. The second-order valence-electron chi connectivity index (χ2n) is 19.7. The molecule has 4 rings (SSSR count). The Bertz CT molecular complexity index is 1670. The van der Waals surface area contributed by atoms with E-state index in [1.54, 1.807) is 34.1 Å². The van der Waals surface area contributed by atoms with Crippen molar-refractivity contribution in [2.45, 2.75) is 186 Å². The molecule has 2 saturated heterocycles. The smallest absolute Gasteiger partial charge is 0.329 e. The Morgan fingerprint density at radius 1 is 0.859 bits per heavy atom. The van der Waals surface area contributed by atoms with Gasteiger partial charge in [0.15, 0.2) is 11.6 Å². The minimum Gasteiger partial charge on any atom is -0.460 e. The van der Waals surface area contributed by atoms with Crippen molar-refractivity contribution in [1.82, 2.24) is 4.90 Å². The summed E-state index contributed by atoms with van der Waals surface area (Å²) in [4.78, 5) is 57.9. The molecule has 13 nitrogen and oxygen atoms in total. The maximum Gasteiger partial charge on any atom is 0.329 e. The van der Waals surface area contributed by atoms with Crippen LogP contribution >= 0.6 is 0 Å². The van der Waals surface area contributed by atoms with Gasteiger partial charge in [0.25, 0.3) is 0 Å². The van der Waals surface area contributed by atoms with Crippen molar-refractivity contribution in [3.8, 4) is 0 Å². The number of rotatable bonds is 6. The summed E-state index contributed by atoms with van der Waals surface area (Å²) in [6, 6.07) is -0.903. The molecule has 0 radical (unpaired) electrons. The van der Waals surface area contributed by atoms with Gasteiger partial charge in [0.2, 0.25) is 5.91 Å². The van der Waals surface area contributed by atoms with E-state index >= 15 is 0 Å². The van der Waals surface area contributed by atoms with Gasteiger partial charge in [-0.1, -0.05) is 71.1 Å². The summed E-state index contributed by atoms with van der Waals surface area (Å²) in [6.07, 6.45) is 13.0. The number of esters is 1. The van der Waals surface area contributed by atoms with Crippen molar-refractivity contribution in [1.29, 1.82) is 0 Å². The maximum atomic E-state index is 14.4. The molecule has 1 amide bonds. The van der Waals surface area contributed by atoms with Gasteiger partial charge in [-0.15, -0.1) is 0 Å². The number of carbonyl (C=O) groups is 4. The highest BCUT2D eigenvalue weighted by Crippen LogP contribution is 2.39. The molecule has 1 aliphatic carbocycles. The van der Waals surface area contributed by atoms with Crippen LogP contribution in [0.5, 0.6) is 0 Å². The Hall–Kier alpha value is -3.04. The van der Waals surface area contributed by atoms with Crippen molar-refractivity contribution in [3.05, 3.63) is 47.6 Å². The molecule has 64 heavy (non-hydrogen) atoms. The van der Waals surface area contributed by atoms with E-state index in [-0.39, 0.29) is 66.4 Å².